The van der Waals surface area contributed by atoms with Crippen molar-refractivity contribution in [3.8, 4) is 0 Å². The minimum Gasteiger partial charge on any atom is -0.369 e. The highest BCUT2D eigenvalue weighted by molar-refractivity contribution is 6.30. The Morgan fingerprint density at radius 3 is 2.80 bits per heavy atom. The molecular weight excluding hydrogens is 274 g/mol. The molecule has 0 amide bonds. The highest BCUT2D eigenvalue weighted by Crippen LogP contribution is 2.14. The molecule has 0 bridgehead atoms. The van der Waals surface area contributed by atoms with E-state index in [2.05, 4.69) is 29.3 Å². The molecule has 0 aliphatic carbocycles. The van der Waals surface area contributed by atoms with Crippen molar-refractivity contribution in [3.05, 3.63) is 47.1 Å². The Balaban J connectivity index is 1.54. The van der Waals surface area contributed by atoms with E-state index < -0.39 is 0 Å². The van der Waals surface area contributed by atoms with Crippen LogP contribution in [0, 0.1) is 0 Å². The Bertz CT molecular complexity index is 557. The van der Waals surface area contributed by atoms with Gasteiger partial charge in [0.05, 0.1) is 6.61 Å². The number of morpholine rings is 1. The first kappa shape index (κ1) is 13.5. The Labute approximate surface area is 123 Å². The zero-order valence-corrected chi connectivity index (χ0v) is 11.9. The van der Waals surface area contributed by atoms with Crippen LogP contribution >= 0.6 is 11.6 Å². The second-order valence-corrected chi connectivity index (χ2v) is 5.47. The monoisotopic (exact) mass is 290 g/mol. The number of nitrogens with one attached hydrogen (secondary N) is 1. The van der Waals surface area contributed by atoms with E-state index in [-0.39, 0.29) is 6.10 Å². The molecule has 1 aromatic rings. The maximum atomic E-state index is 5.89. The van der Waals surface area contributed by atoms with E-state index >= 15 is 0 Å². The molecular formula is C15H17ClN3O+. The third-order valence-electron chi connectivity index (χ3n) is 3.48. The van der Waals surface area contributed by atoms with E-state index in [1.54, 1.807) is 4.68 Å². The normalized spacial score (nSPS) is 25.9. The summed E-state index contributed by atoms with van der Waals surface area (Å²) >= 11 is 5.89. The molecule has 0 spiro atoms. The minimum absolute atomic E-state index is 0.0134. The highest BCUT2D eigenvalue weighted by Gasteiger charge is 2.27. The molecule has 1 aromatic carbocycles. The van der Waals surface area contributed by atoms with E-state index in [1.165, 1.54) is 5.56 Å². The average molecular weight is 291 g/mol. The molecule has 0 unspecified atom stereocenters. The fraction of sp³-hybridized carbons (Fsp3) is 0.333. The zero-order valence-electron chi connectivity index (χ0n) is 11.1. The summed E-state index contributed by atoms with van der Waals surface area (Å²) in [7, 11) is 0. The lowest BCUT2D eigenvalue weighted by molar-refractivity contribution is -0.448. The van der Waals surface area contributed by atoms with Gasteiger partial charge in [0.25, 0.3) is 0 Å². The van der Waals surface area contributed by atoms with Gasteiger partial charge in [-0.3, -0.25) is 0 Å². The molecule has 2 atom stereocenters. The predicted octanol–water partition coefficient (Wildman–Crippen LogP) is 1.84. The topological polar surface area (TPSA) is 36.6 Å². The van der Waals surface area contributed by atoms with Crippen LogP contribution in [0.5, 0.6) is 0 Å². The molecule has 0 aromatic heterocycles. The van der Waals surface area contributed by atoms with Gasteiger partial charge < -0.3 is 10.1 Å². The van der Waals surface area contributed by atoms with Crippen LogP contribution in [-0.2, 0) is 11.2 Å². The lowest BCUT2D eigenvalue weighted by atomic mass is 10.0. The number of halogens is 1. The SMILES string of the molecule is C=[N+]1C=CC([C@H]2CN[C@@H](Cc3ccc(Cl)cc3)CO2)=N1. The van der Waals surface area contributed by atoms with E-state index in [4.69, 9.17) is 16.3 Å². The molecule has 3 rings (SSSR count). The van der Waals surface area contributed by atoms with E-state index in [9.17, 15) is 0 Å². The molecule has 1 N–H and O–H groups in total. The summed E-state index contributed by atoms with van der Waals surface area (Å²) in [5, 5.41) is 8.56. The van der Waals surface area contributed by atoms with Crippen LogP contribution in [0.3, 0.4) is 0 Å². The maximum absolute atomic E-state index is 5.89. The molecule has 0 radical (unpaired) electrons. The van der Waals surface area contributed by atoms with Gasteiger partial charge in [0, 0.05) is 28.8 Å². The van der Waals surface area contributed by atoms with Crippen molar-refractivity contribution in [1.29, 1.82) is 0 Å². The first-order valence-electron chi connectivity index (χ1n) is 6.66. The third-order valence-corrected chi connectivity index (χ3v) is 3.73. The van der Waals surface area contributed by atoms with Gasteiger partial charge in [-0.1, -0.05) is 28.4 Å². The summed E-state index contributed by atoms with van der Waals surface area (Å²) in [5.74, 6) is 0. The number of hydrogen-bond acceptors (Lipinski definition) is 3. The lowest BCUT2D eigenvalue weighted by Crippen LogP contribution is -2.49. The van der Waals surface area contributed by atoms with Crippen molar-refractivity contribution < 1.29 is 9.42 Å². The summed E-state index contributed by atoms with van der Waals surface area (Å²) in [6.07, 6.45) is 4.73. The smallest absolute Gasteiger partial charge is 0.203 e. The van der Waals surface area contributed by atoms with Crippen LogP contribution in [0.1, 0.15) is 5.56 Å². The Hall–Kier alpha value is -1.49. The molecule has 2 aliphatic rings. The second kappa shape index (κ2) is 5.87. The Kier molecular flexibility index (Phi) is 3.96. The molecule has 2 heterocycles. The van der Waals surface area contributed by atoms with Crippen molar-refractivity contribution in [2.75, 3.05) is 13.2 Å². The molecule has 1 saturated heterocycles. The quantitative estimate of drug-likeness (QED) is 0.863. The number of benzene rings is 1. The van der Waals surface area contributed by atoms with Crippen LogP contribution in [0.25, 0.3) is 0 Å². The molecule has 20 heavy (non-hydrogen) atoms. The first-order chi connectivity index (χ1) is 9.70. The summed E-state index contributed by atoms with van der Waals surface area (Å²) in [4.78, 5) is 0. The van der Waals surface area contributed by atoms with Gasteiger partial charge >= 0.3 is 0 Å². The zero-order chi connectivity index (χ0) is 13.9. The number of rotatable bonds is 3. The van der Waals surface area contributed by atoms with Gasteiger partial charge in [0.1, 0.15) is 11.8 Å². The largest absolute Gasteiger partial charge is 0.369 e. The number of hydrazone groups is 1. The maximum Gasteiger partial charge on any atom is 0.203 e. The lowest BCUT2D eigenvalue weighted by Gasteiger charge is -2.29. The summed E-state index contributed by atoms with van der Waals surface area (Å²) in [6.45, 7) is 5.18. The second-order valence-electron chi connectivity index (χ2n) is 5.04. The molecule has 2 aliphatic heterocycles. The first-order valence-corrected chi connectivity index (χ1v) is 7.04. The number of nitrogens with zero attached hydrogens (tertiary/aromatic N) is 2. The van der Waals surface area contributed by atoms with Gasteiger partial charge in [0.2, 0.25) is 6.20 Å². The average Bonchev–Trinajstić information content (AvgIpc) is 2.89. The third kappa shape index (κ3) is 3.15. The van der Waals surface area contributed by atoms with E-state index in [0.29, 0.717) is 12.6 Å². The Morgan fingerprint density at radius 2 is 2.20 bits per heavy atom. The fourth-order valence-corrected chi connectivity index (χ4v) is 2.53. The van der Waals surface area contributed by atoms with Crippen molar-refractivity contribution in [1.82, 2.24) is 5.32 Å². The number of ether oxygens (including phenoxy) is 1. The van der Waals surface area contributed by atoms with Crippen molar-refractivity contribution in [2.24, 2.45) is 5.10 Å². The van der Waals surface area contributed by atoms with Gasteiger partial charge in [-0.2, -0.15) is 0 Å². The van der Waals surface area contributed by atoms with Crippen molar-refractivity contribution in [3.63, 3.8) is 0 Å². The van der Waals surface area contributed by atoms with Crippen LogP contribution in [0.4, 0.5) is 0 Å². The highest BCUT2D eigenvalue weighted by atomic mass is 35.5. The molecule has 104 valence electrons. The minimum atomic E-state index is 0.0134. The molecule has 5 heteroatoms. The van der Waals surface area contributed by atoms with E-state index in [0.717, 1.165) is 23.7 Å². The Morgan fingerprint density at radius 1 is 1.40 bits per heavy atom. The summed E-state index contributed by atoms with van der Waals surface area (Å²) in [6, 6.07) is 8.28. The summed E-state index contributed by atoms with van der Waals surface area (Å²) < 4.78 is 7.45. The van der Waals surface area contributed by atoms with Crippen LogP contribution in [0.2, 0.25) is 5.02 Å². The van der Waals surface area contributed by atoms with E-state index in [1.807, 2.05) is 24.4 Å². The number of hydrogen-bond donors (Lipinski definition) is 1. The van der Waals surface area contributed by atoms with Gasteiger partial charge in [0.15, 0.2) is 6.72 Å². The van der Waals surface area contributed by atoms with Crippen LogP contribution in [0.15, 0.2) is 41.6 Å². The van der Waals surface area contributed by atoms with Crippen LogP contribution < -0.4 is 5.32 Å². The molecule has 1 fully saturated rings. The van der Waals surface area contributed by atoms with Crippen molar-refractivity contribution in [2.45, 2.75) is 18.6 Å². The summed E-state index contributed by atoms with van der Waals surface area (Å²) in [5.41, 5.74) is 2.19. The van der Waals surface area contributed by atoms with Crippen molar-refractivity contribution >= 4 is 24.0 Å². The fourth-order valence-electron chi connectivity index (χ4n) is 2.40. The predicted molar refractivity (Wildman–Crippen MR) is 80.6 cm³/mol. The van der Waals surface area contributed by atoms with Crippen LogP contribution in [-0.4, -0.2) is 42.4 Å². The van der Waals surface area contributed by atoms with Gasteiger partial charge in [-0.15, -0.1) is 0 Å². The van der Waals surface area contributed by atoms with Gasteiger partial charge in [-0.05, 0) is 24.1 Å². The molecule has 0 saturated carbocycles. The van der Waals surface area contributed by atoms with Gasteiger partial charge in [-0.25, -0.2) is 0 Å². The standard InChI is InChI=1S/C15H17ClN3O/c1-19-7-6-14(18-19)15-9-17-13(10-20-15)8-11-2-4-12(16)5-3-11/h2-7,13,15,17H,1,8-10H2/q+1/t13-,15+/m0/s1. The molecule has 4 nitrogen and oxygen atoms in total.